The Morgan fingerprint density at radius 3 is 2.47 bits per heavy atom. The molecule has 1 heterocycles. The van der Waals surface area contributed by atoms with Crippen molar-refractivity contribution in [2.24, 2.45) is 5.92 Å². The molecule has 0 unspecified atom stereocenters. The SMILES string of the molecule is Nc1ccc(S(=O)(=O)C[C@H]2CCOC2=O)cc1. The van der Waals surface area contributed by atoms with Crippen molar-refractivity contribution in [3.05, 3.63) is 24.3 Å². The second-order valence-corrected chi connectivity index (χ2v) is 6.04. The zero-order chi connectivity index (χ0) is 12.5. The second kappa shape index (κ2) is 4.37. The molecule has 0 aliphatic carbocycles. The highest BCUT2D eigenvalue weighted by atomic mass is 32.2. The molecule has 1 fully saturated rings. The molecule has 0 spiro atoms. The Morgan fingerprint density at radius 2 is 1.94 bits per heavy atom. The summed E-state index contributed by atoms with van der Waals surface area (Å²) in [5, 5.41) is 0. The molecular weight excluding hydrogens is 242 g/mol. The third kappa shape index (κ3) is 2.58. The van der Waals surface area contributed by atoms with Crippen LogP contribution in [0.4, 0.5) is 5.69 Å². The molecular formula is C11H13NO4S. The number of nitrogen functional groups attached to an aromatic ring is 1. The quantitative estimate of drug-likeness (QED) is 0.631. The smallest absolute Gasteiger partial charge is 0.310 e. The number of hydrogen-bond donors (Lipinski definition) is 1. The fourth-order valence-corrected chi connectivity index (χ4v) is 3.30. The van der Waals surface area contributed by atoms with Crippen molar-refractivity contribution in [1.29, 1.82) is 0 Å². The zero-order valence-corrected chi connectivity index (χ0v) is 9.94. The highest BCUT2D eigenvalue weighted by molar-refractivity contribution is 7.91. The summed E-state index contributed by atoms with van der Waals surface area (Å²) in [7, 11) is -3.45. The lowest BCUT2D eigenvalue weighted by atomic mass is 10.1. The highest BCUT2D eigenvalue weighted by Gasteiger charge is 2.31. The van der Waals surface area contributed by atoms with Crippen LogP contribution >= 0.6 is 0 Å². The Kier molecular flexibility index (Phi) is 3.06. The number of cyclic esters (lactones) is 1. The molecule has 0 saturated carbocycles. The van der Waals surface area contributed by atoms with Crippen LogP contribution in [0, 0.1) is 5.92 Å². The van der Waals surface area contributed by atoms with E-state index in [1.165, 1.54) is 24.3 Å². The predicted octanol–water partition coefficient (Wildman–Crippen LogP) is 0.606. The summed E-state index contributed by atoms with van der Waals surface area (Å²) >= 11 is 0. The van der Waals surface area contributed by atoms with Gasteiger partial charge < -0.3 is 10.5 Å². The topological polar surface area (TPSA) is 86.5 Å². The van der Waals surface area contributed by atoms with Crippen LogP contribution in [0.25, 0.3) is 0 Å². The summed E-state index contributed by atoms with van der Waals surface area (Å²) in [5.74, 6) is -1.17. The summed E-state index contributed by atoms with van der Waals surface area (Å²) in [5.41, 5.74) is 5.99. The minimum absolute atomic E-state index is 0.186. The third-order valence-corrected chi connectivity index (χ3v) is 4.54. The molecule has 6 heteroatoms. The lowest BCUT2D eigenvalue weighted by molar-refractivity contribution is -0.140. The van der Waals surface area contributed by atoms with E-state index in [0.29, 0.717) is 18.7 Å². The van der Waals surface area contributed by atoms with Gasteiger partial charge in [-0.25, -0.2) is 8.42 Å². The zero-order valence-electron chi connectivity index (χ0n) is 9.13. The van der Waals surface area contributed by atoms with Gasteiger partial charge in [0.15, 0.2) is 9.84 Å². The molecule has 0 amide bonds. The number of benzene rings is 1. The van der Waals surface area contributed by atoms with E-state index in [9.17, 15) is 13.2 Å². The van der Waals surface area contributed by atoms with E-state index in [0.717, 1.165) is 0 Å². The van der Waals surface area contributed by atoms with Gasteiger partial charge in [-0.05, 0) is 30.7 Å². The van der Waals surface area contributed by atoms with Gasteiger partial charge in [-0.2, -0.15) is 0 Å². The number of carbonyl (C=O) groups is 1. The standard InChI is InChI=1S/C11H13NO4S/c12-9-1-3-10(4-2-9)17(14,15)7-8-5-6-16-11(8)13/h1-4,8H,5-7,12H2/t8-/m1/s1. The van der Waals surface area contributed by atoms with Crippen molar-refractivity contribution in [2.75, 3.05) is 18.1 Å². The average molecular weight is 255 g/mol. The fraction of sp³-hybridized carbons (Fsp3) is 0.364. The van der Waals surface area contributed by atoms with Crippen molar-refractivity contribution in [2.45, 2.75) is 11.3 Å². The Labute approximate surface area is 99.5 Å². The summed E-state index contributed by atoms with van der Waals surface area (Å²) < 4.78 is 28.7. The number of ether oxygens (including phenoxy) is 1. The van der Waals surface area contributed by atoms with Crippen LogP contribution in [-0.4, -0.2) is 26.7 Å². The molecule has 0 radical (unpaired) electrons. The first kappa shape index (κ1) is 11.9. The van der Waals surface area contributed by atoms with Crippen LogP contribution < -0.4 is 5.73 Å². The maximum atomic E-state index is 12.0. The molecule has 17 heavy (non-hydrogen) atoms. The summed E-state index contributed by atoms with van der Waals surface area (Å²) in [6.07, 6.45) is 0.465. The first-order chi connectivity index (χ1) is 7.99. The summed E-state index contributed by atoms with van der Waals surface area (Å²) in [6, 6.07) is 5.95. The minimum atomic E-state index is -3.45. The molecule has 1 aromatic carbocycles. The molecule has 2 N–H and O–H groups in total. The highest BCUT2D eigenvalue weighted by Crippen LogP contribution is 2.21. The van der Waals surface area contributed by atoms with E-state index in [4.69, 9.17) is 10.5 Å². The molecule has 92 valence electrons. The summed E-state index contributed by atoms with van der Waals surface area (Å²) in [4.78, 5) is 11.4. The van der Waals surface area contributed by atoms with Gasteiger partial charge in [-0.1, -0.05) is 0 Å². The molecule has 2 rings (SSSR count). The monoisotopic (exact) mass is 255 g/mol. The molecule has 0 bridgehead atoms. The number of esters is 1. The third-order valence-electron chi connectivity index (χ3n) is 2.70. The molecule has 1 atom stereocenters. The van der Waals surface area contributed by atoms with E-state index >= 15 is 0 Å². The van der Waals surface area contributed by atoms with Crippen molar-refractivity contribution in [3.8, 4) is 0 Å². The van der Waals surface area contributed by atoms with E-state index in [1.807, 2.05) is 0 Å². The molecule has 0 aromatic heterocycles. The van der Waals surface area contributed by atoms with Gasteiger partial charge in [0.25, 0.3) is 0 Å². The number of sulfone groups is 1. The summed E-state index contributed by atoms with van der Waals surface area (Å²) in [6.45, 7) is 0.306. The Bertz CT molecular complexity index is 521. The molecule has 5 nitrogen and oxygen atoms in total. The van der Waals surface area contributed by atoms with Gasteiger partial charge in [-0.15, -0.1) is 0 Å². The lowest BCUT2D eigenvalue weighted by Gasteiger charge is -2.07. The molecule has 1 aromatic rings. The van der Waals surface area contributed by atoms with Gasteiger partial charge in [0.2, 0.25) is 0 Å². The number of nitrogens with two attached hydrogens (primary N) is 1. The second-order valence-electron chi connectivity index (χ2n) is 4.00. The maximum Gasteiger partial charge on any atom is 0.310 e. The maximum absolute atomic E-state index is 12.0. The molecule has 1 saturated heterocycles. The largest absolute Gasteiger partial charge is 0.465 e. The van der Waals surface area contributed by atoms with Crippen LogP contribution in [0.1, 0.15) is 6.42 Å². The van der Waals surface area contributed by atoms with Gasteiger partial charge in [0, 0.05) is 5.69 Å². The van der Waals surface area contributed by atoms with Gasteiger partial charge in [0.1, 0.15) is 0 Å². The van der Waals surface area contributed by atoms with E-state index in [2.05, 4.69) is 0 Å². The Balaban J connectivity index is 2.19. The van der Waals surface area contributed by atoms with Gasteiger partial charge >= 0.3 is 5.97 Å². The fourth-order valence-electron chi connectivity index (χ4n) is 1.73. The van der Waals surface area contributed by atoms with Gasteiger partial charge in [-0.3, -0.25) is 4.79 Å². The van der Waals surface area contributed by atoms with Gasteiger partial charge in [0.05, 0.1) is 23.2 Å². The van der Waals surface area contributed by atoms with Crippen LogP contribution in [0.3, 0.4) is 0 Å². The van der Waals surface area contributed by atoms with Crippen molar-refractivity contribution in [3.63, 3.8) is 0 Å². The van der Waals surface area contributed by atoms with Crippen molar-refractivity contribution < 1.29 is 17.9 Å². The van der Waals surface area contributed by atoms with Crippen LogP contribution in [0.2, 0.25) is 0 Å². The Morgan fingerprint density at radius 1 is 1.29 bits per heavy atom. The van der Waals surface area contributed by atoms with Crippen LogP contribution in [0.15, 0.2) is 29.2 Å². The minimum Gasteiger partial charge on any atom is -0.465 e. The van der Waals surface area contributed by atoms with E-state index < -0.39 is 21.7 Å². The Hall–Kier alpha value is -1.56. The molecule has 1 aliphatic rings. The number of carbonyl (C=O) groups excluding carboxylic acids is 1. The predicted molar refractivity (Wildman–Crippen MR) is 62.0 cm³/mol. The average Bonchev–Trinajstić information content (AvgIpc) is 2.64. The van der Waals surface area contributed by atoms with Crippen molar-refractivity contribution in [1.82, 2.24) is 0 Å². The molecule has 1 aliphatic heterocycles. The number of hydrogen-bond acceptors (Lipinski definition) is 5. The van der Waals surface area contributed by atoms with Crippen molar-refractivity contribution >= 4 is 21.5 Å². The first-order valence-electron chi connectivity index (χ1n) is 5.24. The number of rotatable bonds is 3. The number of anilines is 1. The van der Waals surface area contributed by atoms with Crippen LogP contribution in [0.5, 0.6) is 0 Å². The van der Waals surface area contributed by atoms with E-state index in [-0.39, 0.29) is 10.6 Å². The first-order valence-corrected chi connectivity index (χ1v) is 6.89. The van der Waals surface area contributed by atoms with Crippen LogP contribution in [-0.2, 0) is 19.4 Å². The normalized spacial score (nSPS) is 20.2. The van der Waals surface area contributed by atoms with E-state index in [1.54, 1.807) is 0 Å². The lowest BCUT2D eigenvalue weighted by Crippen LogP contribution is -2.20.